The molecule has 1 fully saturated rings. The van der Waals surface area contributed by atoms with Crippen molar-refractivity contribution in [2.24, 2.45) is 5.92 Å². The van der Waals surface area contributed by atoms with Crippen molar-refractivity contribution in [3.8, 4) is 0 Å². The van der Waals surface area contributed by atoms with Gasteiger partial charge in [-0.3, -0.25) is 4.79 Å². The fraction of sp³-hybridized carbons (Fsp3) is 0.409. The van der Waals surface area contributed by atoms with E-state index in [0.717, 1.165) is 43.5 Å². The molecule has 7 nitrogen and oxygen atoms in total. The van der Waals surface area contributed by atoms with Crippen molar-refractivity contribution in [2.75, 3.05) is 29.6 Å². The Labute approximate surface area is 176 Å². The van der Waals surface area contributed by atoms with Crippen LogP contribution in [0.3, 0.4) is 0 Å². The van der Waals surface area contributed by atoms with Crippen LogP contribution in [0.15, 0.2) is 36.5 Å². The van der Waals surface area contributed by atoms with E-state index in [1.807, 2.05) is 31.1 Å². The number of pyridine rings is 1. The van der Waals surface area contributed by atoms with Gasteiger partial charge in [-0.25, -0.2) is 14.2 Å². The maximum Gasteiger partial charge on any atom is 0.319 e. The third-order valence-electron chi connectivity index (χ3n) is 5.19. The smallest absolute Gasteiger partial charge is 0.319 e. The molecule has 0 aliphatic heterocycles. The number of halogens is 1. The molecular formula is C22H28FN5O2. The summed E-state index contributed by atoms with van der Waals surface area (Å²) >= 11 is 0. The van der Waals surface area contributed by atoms with Gasteiger partial charge in [0, 0.05) is 44.0 Å². The highest BCUT2D eigenvalue weighted by molar-refractivity contribution is 5.94. The molecule has 0 unspecified atom stereocenters. The lowest BCUT2D eigenvalue weighted by Gasteiger charge is -2.21. The van der Waals surface area contributed by atoms with Crippen molar-refractivity contribution in [2.45, 2.75) is 38.6 Å². The second-order valence-electron chi connectivity index (χ2n) is 7.71. The number of urea groups is 1. The molecule has 0 saturated heterocycles. The zero-order valence-electron chi connectivity index (χ0n) is 17.4. The lowest BCUT2D eigenvalue weighted by Crippen LogP contribution is -2.29. The lowest BCUT2D eigenvalue weighted by molar-refractivity contribution is -0.120. The number of nitrogens with one attached hydrogen (secondary N) is 3. The lowest BCUT2D eigenvalue weighted by atomic mass is 9.88. The molecule has 1 aromatic carbocycles. The monoisotopic (exact) mass is 413 g/mol. The third kappa shape index (κ3) is 5.68. The van der Waals surface area contributed by atoms with E-state index in [-0.39, 0.29) is 17.5 Å². The van der Waals surface area contributed by atoms with Gasteiger partial charge in [0.25, 0.3) is 0 Å². The molecule has 1 aromatic heterocycles. The highest BCUT2D eigenvalue weighted by atomic mass is 19.1. The number of anilines is 3. The number of amides is 3. The maximum atomic E-state index is 14.2. The number of hydrogen-bond acceptors (Lipinski definition) is 4. The fourth-order valence-corrected chi connectivity index (χ4v) is 3.62. The van der Waals surface area contributed by atoms with Gasteiger partial charge in [-0.05, 0) is 37.1 Å². The normalized spacial score (nSPS) is 14.1. The van der Waals surface area contributed by atoms with E-state index in [1.54, 1.807) is 6.20 Å². The van der Waals surface area contributed by atoms with Crippen LogP contribution < -0.4 is 20.9 Å². The Balaban J connectivity index is 1.59. The Hall–Kier alpha value is -3.16. The predicted octanol–water partition coefficient (Wildman–Crippen LogP) is 4.13. The van der Waals surface area contributed by atoms with Gasteiger partial charge < -0.3 is 20.9 Å². The second-order valence-corrected chi connectivity index (χ2v) is 7.71. The molecule has 8 heteroatoms. The minimum Gasteiger partial charge on any atom is -0.362 e. The van der Waals surface area contributed by atoms with Gasteiger partial charge in [0.05, 0.1) is 5.69 Å². The van der Waals surface area contributed by atoms with Crippen molar-refractivity contribution < 1.29 is 14.0 Å². The Bertz CT molecular complexity index is 897. The van der Waals surface area contributed by atoms with E-state index < -0.39 is 11.8 Å². The molecular weight excluding hydrogens is 385 g/mol. The summed E-state index contributed by atoms with van der Waals surface area (Å²) in [5.74, 6) is -0.00479. The van der Waals surface area contributed by atoms with Gasteiger partial charge in [-0.15, -0.1) is 0 Å². The maximum absolute atomic E-state index is 14.2. The van der Waals surface area contributed by atoms with Crippen LogP contribution >= 0.6 is 0 Å². The molecule has 3 amide bonds. The summed E-state index contributed by atoms with van der Waals surface area (Å²) in [6, 6.07) is 7.39. The first-order valence-corrected chi connectivity index (χ1v) is 10.2. The summed E-state index contributed by atoms with van der Waals surface area (Å²) < 4.78 is 14.2. The molecule has 1 aliphatic rings. The van der Waals surface area contributed by atoms with Crippen molar-refractivity contribution in [3.05, 3.63) is 47.9 Å². The van der Waals surface area contributed by atoms with Gasteiger partial charge in [-0.2, -0.15) is 0 Å². The molecule has 3 N–H and O–H groups in total. The summed E-state index contributed by atoms with van der Waals surface area (Å²) in [6.45, 7) is 0.291. The number of nitrogens with zero attached hydrogens (tertiary/aromatic N) is 2. The highest BCUT2D eigenvalue weighted by Crippen LogP contribution is 2.26. The Morgan fingerprint density at radius 1 is 1.13 bits per heavy atom. The number of benzene rings is 1. The van der Waals surface area contributed by atoms with E-state index in [2.05, 4.69) is 20.9 Å². The average molecular weight is 413 g/mol. The van der Waals surface area contributed by atoms with E-state index >= 15 is 0 Å². The number of rotatable bonds is 6. The van der Waals surface area contributed by atoms with Gasteiger partial charge in [0.15, 0.2) is 0 Å². The molecule has 1 aliphatic carbocycles. The molecule has 0 atom stereocenters. The minimum atomic E-state index is -0.531. The van der Waals surface area contributed by atoms with Crippen LogP contribution in [0.1, 0.15) is 37.7 Å². The van der Waals surface area contributed by atoms with Crippen molar-refractivity contribution in [1.29, 1.82) is 0 Å². The van der Waals surface area contributed by atoms with Crippen LogP contribution in [0.5, 0.6) is 0 Å². The van der Waals surface area contributed by atoms with Crippen molar-refractivity contribution in [1.82, 2.24) is 10.3 Å². The SMILES string of the molecule is CN(C)c1ncccc1CNC(=O)Nc1ccc(F)c(NC(=O)C2CCCCC2)c1. The summed E-state index contributed by atoms with van der Waals surface area (Å²) in [7, 11) is 3.77. The van der Waals surface area contributed by atoms with Gasteiger partial charge in [-0.1, -0.05) is 25.3 Å². The Morgan fingerprint density at radius 2 is 1.90 bits per heavy atom. The van der Waals surface area contributed by atoms with Crippen molar-refractivity contribution in [3.63, 3.8) is 0 Å². The van der Waals surface area contributed by atoms with Crippen LogP contribution in [0.25, 0.3) is 0 Å². The third-order valence-corrected chi connectivity index (χ3v) is 5.19. The molecule has 0 spiro atoms. The first-order valence-electron chi connectivity index (χ1n) is 10.2. The molecule has 30 heavy (non-hydrogen) atoms. The van der Waals surface area contributed by atoms with E-state index in [0.29, 0.717) is 12.2 Å². The first kappa shape index (κ1) is 21.5. The van der Waals surface area contributed by atoms with Crippen molar-refractivity contribution >= 4 is 29.1 Å². The molecule has 160 valence electrons. The van der Waals surface area contributed by atoms with E-state index in [4.69, 9.17) is 0 Å². The van der Waals surface area contributed by atoms with Crippen LogP contribution in [-0.2, 0) is 11.3 Å². The van der Waals surface area contributed by atoms with Crippen LogP contribution in [-0.4, -0.2) is 31.0 Å². The van der Waals surface area contributed by atoms with Gasteiger partial charge >= 0.3 is 6.03 Å². The summed E-state index contributed by atoms with van der Waals surface area (Å²) in [6.07, 6.45) is 6.54. The summed E-state index contributed by atoms with van der Waals surface area (Å²) in [5.41, 5.74) is 1.34. The predicted molar refractivity (Wildman–Crippen MR) is 116 cm³/mol. The number of carbonyl (C=O) groups excluding carboxylic acids is 2. The molecule has 0 bridgehead atoms. The number of hydrogen-bond donors (Lipinski definition) is 3. The topological polar surface area (TPSA) is 86.4 Å². The standard InChI is InChI=1S/C22H28FN5O2/c1-28(2)20-16(9-6-12-24-20)14-25-22(30)26-17-10-11-18(23)19(13-17)27-21(29)15-7-4-3-5-8-15/h6,9-13,15H,3-5,7-8,14H2,1-2H3,(H,27,29)(H2,25,26,30). The molecule has 1 saturated carbocycles. The average Bonchev–Trinajstić information content (AvgIpc) is 2.75. The van der Waals surface area contributed by atoms with Gasteiger partial charge in [0.1, 0.15) is 11.6 Å². The Morgan fingerprint density at radius 3 is 2.63 bits per heavy atom. The summed E-state index contributed by atoms with van der Waals surface area (Å²) in [4.78, 5) is 30.9. The largest absolute Gasteiger partial charge is 0.362 e. The van der Waals surface area contributed by atoms with Gasteiger partial charge in [0.2, 0.25) is 5.91 Å². The number of carbonyl (C=O) groups is 2. The number of aromatic nitrogens is 1. The van der Waals surface area contributed by atoms with Crippen LogP contribution in [0.2, 0.25) is 0 Å². The zero-order chi connectivity index (χ0) is 21.5. The minimum absolute atomic E-state index is 0.0746. The first-order chi connectivity index (χ1) is 14.4. The Kier molecular flexibility index (Phi) is 7.21. The quantitative estimate of drug-likeness (QED) is 0.665. The zero-order valence-corrected chi connectivity index (χ0v) is 17.4. The molecule has 2 aromatic rings. The molecule has 1 heterocycles. The van der Waals surface area contributed by atoms with Crippen LogP contribution in [0.4, 0.5) is 26.4 Å². The molecule has 0 radical (unpaired) electrons. The summed E-state index contributed by atoms with van der Waals surface area (Å²) in [5, 5.41) is 8.12. The highest BCUT2D eigenvalue weighted by Gasteiger charge is 2.22. The van der Waals surface area contributed by atoms with E-state index in [9.17, 15) is 14.0 Å². The van der Waals surface area contributed by atoms with Crippen LogP contribution in [0, 0.1) is 11.7 Å². The van der Waals surface area contributed by atoms with E-state index in [1.165, 1.54) is 18.2 Å². The second kappa shape index (κ2) is 10.0. The molecule has 3 rings (SSSR count). The fourth-order valence-electron chi connectivity index (χ4n) is 3.62.